The Morgan fingerprint density at radius 2 is 1.96 bits per heavy atom. The van der Waals surface area contributed by atoms with Crippen molar-refractivity contribution in [1.82, 2.24) is 10.2 Å². The Balaban J connectivity index is 1.54. The molecular formula is C18H25N3O4S-2. The minimum atomic E-state index is -3.58. The molecule has 1 aromatic carbocycles. The number of hydrogen-bond acceptors (Lipinski definition) is 6. The van der Waals surface area contributed by atoms with E-state index in [0.29, 0.717) is 37.0 Å². The van der Waals surface area contributed by atoms with Gasteiger partial charge in [0.25, 0.3) is 0 Å². The molecule has 3 rings (SSSR count). The van der Waals surface area contributed by atoms with Crippen molar-refractivity contribution in [3.05, 3.63) is 29.8 Å². The molecule has 2 aliphatic heterocycles. The van der Waals surface area contributed by atoms with Gasteiger partial charge in [0.1, 0.15) is 5.60 Å². The molecule has 2 aliphatic rings. The molecule has 1 N–H and O–H groups in total. The van der Waals surface area contributed by atoms with Crippen LogP contribution in [0.4, 0.5) is 4.79 Å². The SMILES string of the molecule is CC(C)(C)OC(=O)NCC1CCN(C2=NS([O-])([O-])c3ccccc32)CC1. The number of amidine groups is 1. The van der Waals surface area contributed by atoms with Gasteiger partial charge in [-0.2, -0.15) is 0 Å². The lowest BCUT2D eigenvalue weighted by Crippen LogP contribution is -2.42. The van der Waals surface area contributed by atoms with Gasteiger partial charge in [-0.1, -0.05) is 12.1 Å². The van der Waals surface area contributed by atoms with E-state index >= 15 is 0 Å². The van der Waals surface area contributed by atoms with Gasteiger partial charge in [0.2, 0.25) is 0 Å². The number of rotatable bonds is 2. The van der Waals surface area contributed by atoms with Gasteiger partial charge in [0.05, 0.1) is 0 Å². The van der Waals surface area contributed by atoms with E-state index in [1.807, 2.05) is 31.7 Å². The maximum atomic E-state index is 12.2. The normalized spacial score (nSPS) is 21.0. The Morgan fingerprint density at radius 3 is 2.62 bits per heavy atom. The maximum absolute atomic E-state index is 12.2. The third kappa shape index (κ3) is 4.31. The third-order valence-corrected chi connectivity index (χ3v) is 5.79. The smallest absolute Gasteiger partial charge is 0.407 e. The zero-order valence-electron chi connectivity index (χ0n) is 15.4. The summed E-state index contributed by atoms with van der Waals surface area (Å²) in [5.74, 6) is 0.881. The summed E-state index contributed by atoms with van der Waals surface area (Å²) >= 11 is 0. The Kier molecular flexibility index (Phi) is 5.18. The van der Waals surface area contributed by atoms with E-state index in [0.717, 1.165) is 12.8 Å². The van der Waals surface area contributed by atoms with Crippen LogP contribution in [-0.2, 0) is 4.74 Å². The second-order valence-corrected chi connectivity index (χ2v) is 9.27. The molecule has 0 bridgehead atoms. The molecule has 0 spiro atoms. The molecule has 2 heterocycles. The quantitative estimate of drug-likeness (QED) is 0.851. The number of fused-ring (bicyclic) bond motifs is 1. The predicted molar refractivity (Wildman–Crippen MR) is 98.9 cm³/mol. The molecule has 1 saturated heterocycles. The van der Waals surface area contributed by atoms with E-state index in [-0.39, 0.29) is 4.90 Å². The topological polar surface area (TPSA) is 100 Å². The fraction of sp³-hybridized carbons (Fsp3) is 0.556. The number of amides is 1. The summed E-state index contributed by atoms with van der Waals surface area (Å²) in [5, 5.41) is 2.82. The molecule has 1 fully saturated rings. The molecule has 1 amide bonds. The number of piperidine rings is 1. The zero-order chi connectivity index (χ0) is 18.9. The van der Waals surface area contributed by atoms with Crippen LogP contribution < -0.4 is 5.32 Å². The van der Waals surface area contributed by atoms with Gasteiger partial charge in [0, 0.05) is 30.1 Å². The highest BCUT2D eigenvalue weighted by atomic mass is 32.3. The van der Waals surface area contributed by atoms with Crippen molar-refractivity contribution in [2.45, 2.75) is 44.1 Å². The second kappa shape index (κ2) is 7.09. The number of nitrogens with zero attached hydrogens (tertiary/aromatic N) is 2. The van der Waals surface area contributed by atoms with Gasteiger partial charge < -0.3 is 34.8 Å². The summed E-state index contributed by atoms with van der Waals surface area (Å²) in [6, 6.07) is 6.93. The molecule has 8 heteroatoms. The van der Waals surface area contributed by atoms with Crippen LogP contribution in [0.1, 0.15) is 39.2 Å². The van der Waals surface area contributed by atoms with Crippen molar-refractivity contribution in [3.63, 3.8) is 0 Å². The molecular weight excluding hydrogens is 354 g/mol. The van der Waals surface area contributed by atoms with E-state index in [9.17, 15) is 13.9 Å². The van der Waals surface area contributed by atoms with E-state index in [1.165, 1.54) is 0 Å². The van der Waals surface area contributed by atoms with Gasteiger partial charge in [-0.25, -0.2) is 9.19 Å². The first-order chi connectivity index (χ1) is 12.2. The average molecular weight is 379 g/mol. The number of alkyl carbamates (subject to hydrolysis) is 1. The van der Waals surface area contributed by atoms with Gasteiger partial charge in [0.15, 0.2) is 5.84 Å². The Bertz CT molecular complexity index is 707. The van der Waals surface area contributed by atoms with Crippen LogP contribution in [0.15, 0.2) is 33.6 Å². The molecule has 0 radical (unpaired) electrons. The van der Waals surface area contributed by atoms with Crippen molar-refractivity contribution < 1.29 is 18.6 Å². The Morgan fingerprint density at radius 1 is 1.31 bits per heavy atom. The monoisotopic (exact) mass is 379 g/mol. The molecule has 0 atom stereocenters. The standard InChI is InChI=1S/C18H27N3O4S/c1-18(2,3)25-17(22)19-12-13-8-10-21(11-9-13)16-14-6-4-5-7-15(14)26(23,24)20-16/h4-7,13,23-24H,8-12H2,1-3H3,(H,19,22)/p-2. The lowest BCUT2D eigenvalue weighted by Gasteiger charge is -2.52. The number of nitrogens with one attached hydrogen (secondary N) is 1. The third-order valence-electron chi connectivity index (χ3n) is 4.46. The summed E-state index contributed by atoms with van der Waals surface area (Å²) in [6.45, 7) is 7.48. The van der Waals surface area contributed by atoms with Crippen LogP contribution in [-0.4, -0.2) is 51.2 Å². The molecule has 7 nitrogen and oxygen atoms in total. The van der Waals surface area contributed by atoms with Gasteiger partial charge in [-0.3, -0.25) is 0 Å². The number of sulfonamides is 1. The first kappa shape index (κ1) is 19.0. The minimum absolute atomic E-state index is 0.281. The highest BCUT2D eigenvalue weighted by molar-refractivity contribution is 8.23. The second-order valence-electron chi connectivity index (χ2n) is 7.70. The van der Waals surface area contributed by atoms with Crippen LogP contribution in [0.25, 0.3) is 0 Å². The molecule has 0 aromatic heterocycles. The minimum Gasteiger partial charge on any atom is -0.778 e. The van der Waals surface area contributed by atoms with E-state index in [1.54, 1.807) is 18.2 Å². The van der Waals surface area contributed by atoms with E-state index in [2.05, 4.69) is 9.71 Å². The summed E-state index contributed by atoms with van der Waals surface area (Å²) in [4.78, 5) is 14.1. The van der Waals surface area contributed by atoms with Crippen LogP contribution in [0.3, 0.4) is 0 Å². The molecule has 0 aliphatic carbocycles. The van der Waals surface area contributed by atoms with Crippen LogP contribution in [0.2, 0.25) is 0 Å². The van der Waals surface area contributed by atoms with Gasteiger partial charge >= 0.3 is 6.09 Å². The van der Waals surface area contributed by atoms with Gasteiger partial charge in [-0.05, 0) is 51.7 Å². The summed E-state index contributed by atoms with van der Waals surface area (Å²) in [6.07, 6.45) is 1.31. The van der Waals surface area contributed by atoms with Crippen molar-refractivity contribution in [2.24, 2.45) is 10.3 Å². The molecule has 0 saturated carbocycles. The molecule has 1 aromatic rings. The molecule has 0 unspecified atom stereocenters. The lowest BCUT2D eigenvalue weighted by atomic mass is 9.96. The lowest BCUT2D eigenvalue weighted by molar-refractivity contribution is 0.0513. The predicted octanol–water partition coefficient (Wildman–Crippen LogP) is 3.02. The van der Waals surface area contributed by atoms with Crippen molar-refractivity contribution in [3.8, 4) is 0 Å². The van der Waals surface area contributed by atoms with Gasteiger partial charge in [-0.15, -0.1) is 0 Å². The number of carbonyl (C=O) groups is 1. The summed E-state index contributed by atoms with van der Waals surface area (Å²) in [5.41, 5.74) is 0.172. The number of likely N-dealkylation sites (tertiary alicyclic amines) is 1. The van der Waals surface area contributed by atoms with Crippen LogP contribution in [0, 0.1) is 5.92 Å². The number of carbonyl (C=O) groups excluding carboxylic acids is 1. The number of hydrogen-bond donors (Lipinski definition) is 1. The Hall–Kier alpha value is -1.77. The summed E-state index contributed by atoms with van der Waals surface area (Å²) < 4.78 is 33.6. The van der Waals surface area contributed by atoms with Crippen molar-refractivity contribution >= 4 is 22.7 Å². The summed E-state index contributed by atoms with van der Waals surface area (Å²) in [7, 11) is -3.58. The maximum Gasteiger partial charge on any atom is 0.407 e. The molecule has 144 valence electrons. The Labute approximate surface area is 155 Å². The van der Waals surface area contributed by atoms with E-state index < -0.39 is 22.5 Å². The number of ether oxygens (including phenoxy) is 1. The highest BCUT2D eigenvalue weighted by Gasteiger charge is 2.28. The largest absolute Gasteiger partial charge is 0.778 e. The number of benzene rings is 1. The first-order valence-electron chi connectivity index (χ1n) is 8.82. The fourth-order valence-electron chi connectivity index (χ4n) is 3.21. The van der Waals surface area contributed by atoms with Crippen LogP contribution in [0.5, 0.6) is 0 Å². The molecule has 26 heavy (non-hydrogen) atoms. The van der Waals surface area contributed by atoms with Crippen molar-refractivity contribution in [2.75, 3.05) is 19.6 Å². The first-order valence-corrected chi connectivity index (χ1v) is 10.3. The highest BCUT2D eigenvalue weighted by Crippen LogP contribution is 2.55. The fourth-order valence-corrected chi connectivity index (χ4v) is 4.43. The van der Waals surface area contributed by atoms with Crippen molar-refractivity contribution in [1.29, 1.82) is 0 Å². The zero-order valence-corrected chi connectivity index (χ0v) is 16.2. The van der Waals surface area contributed by atoms with Crippen LogP contribution >= 0.6 is 10.8 Å². The van der Waals surface area contributed by atoms with E-state index in [4.69, 9.17) is 4.74 Å². The average Bonchev–Trinajstić information content (AvgIpc) is 2.84.